The van der Waals surface area contributed by atoms with Crippen molar-refractivity contribution in [3.63, 3.8) is 0 Å². The van der Waals surface area contributed by atoms with E-state index in [2.05, 4.69) is 15.9 Å². The van der Waals surface area contributed by atoms with Gasteiger partial charge in [-0.3, -0.25) is 19.4 Å². The van der Waals surface area contributed by atoms with Gasteiger partial charge in [0.05, 0.1) is 6.54 Å². The molecule has 0 saturated carbocycles. The van der Waals surface area contributed by atoms with Gasteiger partial charge in [-0.25, -0.2) is 0 Å². The van der Waals surface area contributed by atoms with Gasteiger partial charge in [-0.15, -0.1) is 0 Å². The lowest BCUT2D eigenvalue weighted by molar-refractivity contribution is -0.120. The van der Waals surface area contributed by atoms with Crippen LogP contribution in [0.15, 0.2) is 24.3 Å². The van der Waals surface area contributed by atoms with Crippen LogP contribution in [-0.2, 0) is 11.2 Å². The van der Waals surface area contributed by atoms with Gasteiger partial charge < -0.3 is 0 Å². The zero-order chi connectivity index (χ0) is 17.1. The number of benzene rings is 1. The molecule has 1 aromatic carbocycles. The van der Waals surface area contributed by atoms with Crippen LogP contribution in [-0.4, -0.2) is 59.6 Å². The molecule has 2 aliphatic rings. The van der Waals surface area contributed by atoms with Crippen LogP contribution in [0.5, 0.6) is 0 Å². The topological polar surface area (TPSA) is 40.6 Å². The van der Waals surface area contributed by atoms with Crippen molar-refractivity contribution >= 4 is 11.6 Å². The molecule has 130 valence electrons. The average molecular weight is 328 g/mol. The second-order valence-electron chi connectivity index (χ2n) is 7.22. The largest absolute Gasteiger partial charge is 0.298 e. The molecule has 24 heavy (non-hydrogen) atoms. The van der Waals surface area contributed by atoms with Gasteiger partial charge in [-0.2, -0.15) is 0 Å². The van der Waals surface area contributed by atoms with Gasteiger partial charge >= 0.3 is 0 Å². The van der Waals surface area contributed by atoms with Gasteiger partial charge in [-0.1, -0.05) is 25.1 Å². The van der Waals surface area contributed by atoms with Crippen molar-refractivity contribution < 1.29 is 9.59 Å². The smallest absolute Gasteiger partial charge is 0.159 e. The number of hydrogen-bond donors (Lipinski definition) is 0. The second kappa shape index (κ2) is 7.58. The van der Waals surface area contributed by atoms with Crippen LogP contribution >= 0.6 is 0 Å². The zero-order valence-corrected chi connectivity index (χ0v) is 14.8. The standard InChI is InChI=1S/C20H28N2O2/c1-3-20(24)14-22-13-18-11-19(22)12-21(18)9-5-7-16-6-4-8-17(10-16)15(2)23/h4,6,8,10,18-19H,3,5,7,9,11-14H2,1-2H3/t18?,19-/m0/s1. The maximum atomic E-state index is 11.7. The lowest BCUT2D eigenvalue weighted by atomic mass is 10.0. The van der Waals surface area contributed by atoms with Crippen molar-refractivity contribution in [1.29, 1.82) is 0 Å². The zero-order valence-electron chi connectivity index (χ0n) is 14.8. The summed E-state index contributed by atoms with van der Waals surface area (Å²) in [4.78, 5) is 28.1. The highest BCUT2D eigenvalue weighted by Crippen LogP contribution is 2.30. The van der Waals surface area contributed by atoms with E-state index < -0.39 is 0 Å². The molecule has 2 heterocycles. The fourth-order valence-corrected chi connectivity index (χ4v) is 4.07. The lowest BCUT2D eigenvalue weighted by Crippen LogP contribution is -2.48. The molecule has 4 heteroatoms. The van der Waals surface area contributed by atoms with Crippen molar-refractivity contribution in [3.8, 4) is 0 Å². The van der Waals surface area contributed by atoms with Gasteiger partial charge in [0.1, 0.15) is 5.78 Å². The molecule has 1 unspecified atom stereocenters. The van der Waals surface area contributed by atoms with Crippen LogP contribution in [0.4, 0.5) is 0 Å². The number of rotatable bonds is 8. The third kappa shape index (κ3) is 3.93. The van der Waals surface area contributed by atoms with Crippen molar-refractivity contribution in [1.82, 2.24) is 9.80 Å². The highest BCUT2D eigenvalue weighted by atomic mass is 16.1. The summed E-state index contributed by atoms with van der Waals surface area (Å²) < 4.78 is 0. The Labute approximate surface area is 144 Å². The monoisotopic (exact) mass is 328 g/mol. The Balaban J connectivity index is 1.44. The summed E-state index contributed by atoms with van der Waals surface area (Å²) in [6.07, 6.45) is 4.01. The van der Waals surface area contributed by atoms with Gasteiger partial charge in [-0.05, 0) is 44.4 Å². The summed E-state index contributed by atoms with van der Waals surface area (Å²) in [5, 5.41) is 0. The first-order valence-corrected chi connectivity index (χ1v) is 9.16. The van der Waals surface area contributed by atoms with Crippen LogP contribution in [0, 0.1) is 0 Å². The van der Waals surface area contributed by atoms with E-state index in [1.807, 2.05) is 25.1 Å². The van der Waals surface area contributed by atoms with Crippen molar-refractivity contribution in [2.45, 2.75) is 51.6 Å². The Kier molecular flexibility index (Phi) is 5.47. The molecule has 0 aliphatic carbocycles. The van der Waals surface area contributed by atoms with Crippen LogP contribution in [0.1, 0.15) is 49.0 Å². The summed E-state index contributed by atoms with van der Waals surface area (Å²) in [6.45, 7) is 7.48. The molecule has 2 fully saturated rings. The number of aryl methyl sites for hydroxylation is 1. The number of Topliss-reactive ketones (excluding diaryl/α,β-unsaturated/α-hetero) is 2. The lowest BCUT2D eigenvalue weighted by Gasteiger charge is -2.33. The third-order valence-electron chi connectivity index (χ3n) is 5.49. The quantitative estimate of drug-likeness (QED) is 0.688. The number of fused-ring (bicyclic) bond motifs is 2. The summed E-state index contributed by atoms with van der Waals surface area (Å²) in [5.41, 5.74) is 2.06. The molecule has 0 amide bonds. The maximum absolute atomic E-state index is 11.7. The highest BCUT2D eigenvalue weighted by molar-refractivity contribution is 5.94. The van der Waals surface area contributed by atoms with Gasteiger partial charge in [0, 0.05) is 37.2 Å². The predicted octanol–water partition coefficient (Wildman–Crippen LogP) is 2.56. The molecule has 2 aliphatic heterocycles. The van der Waals surface area contributed by atoms with Gasteiger partial charge in [0.25, 0.3) is 0 Å². The van der Waals surface area contributed by atoms with E-state index in [9.17, 15) is 9.59 Å². The minimum atomic E-state index is 0.135. The minimum Gasteiger partial charge on any atom is -0.298 e. The molecule has 2 bridgehead atoms. The summed E-state index contributed by atoms with van der Waals surface area (Å²) in [6, 6.07) is 9.20. The van der Waals surface area contributed by atoms with Crippen LogP contribution < -0.4 is 0 Å². The van der Waals surface area contributed by atoms with Crippen LogP contribution in [0.3, 0.4) is 0 Å². The highest BCUT2D eigenvalue weighted by Gasteiger charge is 2.42. The fourth-order valence-electron chi connectivity index (χ4n) is 4.07. The molecule has 0 aromatic heterocycles. The normalized spacial score (nSPS) is 23.8. The Bertz CT molecular complexity index is 613. The first-order valence-electron chi connectivity index (χ1n) is 9.16. The van der Waals surface area contributed by atoms with E-state index >= 15 is 0 Å². The SMILES string of the molecule is CCC(=O)CN1CC2C[C@H]1CN2CCCc1cccc(C(C)=O)c1. The number of nitrogens with zero attached hydrogens (tertiary/aromatic N) is 2. The van der Waals surface area contributed by atoms with Gasteiger partial charge in [0.15, 0.2) is 5.78 Å². The molecule has 3 rings (SSSR count). The average Bonchev–Trinajstić information content (AvgIpc) is 3.15. The molecule has 4 nitrogen and oxygen atoms in total. The van der Waals surface area contributed by atoms with Crippen molar-refractivity contribution in [3.05, 3.63) is 35.4 Å². The fraction of sp³-hybridized carbons (Fsp3) is 0.600. The Morgan fingerprint density at radius 1 is 1.17 bits per heavy atom. The molecule has 1 aromatic rings. The van der Waals surface area contributed by atoms with Crippen LogP contribution in [0.25, 0.3) is 0 Å². The van der Waals surface area contributed by atoms with E-state index in [1.165, 1.54) is 12.0 Å². The number of carbonyl (C=O) groups excluding carboxylic acids is 2. The first-order chi connectivity index (χ1) is 11.6. The molecule has 0 radical (unpaired) electrons. The number of carbonyl (C=O) groups is 2. The summed E-state index contributed by atoms with van der Waals surface area (Å²) in [7, 11) is 0. The summed E-state index contributed by atoms with van der Waals surface area (Å²) in [5.74, 6) is 0.495. The van der Waals surface area contributed by atoms with E-state index in [0.29, 0.717) is 30.8 Å². The third-order valence-corrected chi connectivity index (χ3v) is 5.49. The Morgan fingerprint density at radius 2 is 1.92 bits per heavy atom. The minimum absolute atomic E-state index is 0.135. The molecule has 0 N–H and O–H groups in total. The number of hydrogen-bond acceptors (Lipinski definition) is 4. The van der Waals surface area contributed by atoms with Crippen LogP contribution in [0.2, 0.25) is 0 Å². The second-order valence-corrected chi connectivity index (χ2v) is 7.22. The molecule has 2 saturated heterocycles. The number of likely N-dealkylation sites (tertiary alicyclic amines) is 2. The Morgan fingerprint density at radius 3 is 2.58 bits per heavy atom. The van der Waals surface area contributed by atoms with Gasteiger partial charge in [0.2, 0.25) is 0 Å². The van der Waals surface area contributed by atoms with E-state index in [0.717, 1.165) is 38.0 Å². The predicted molar refractivity (Wildman–Crippen MR) is 95.4 cm³/mol. The van der Waals surface area contributed by atoms with Crippen molar-refractivity contribution in [2.24, 2.45) is 0 Å². The molecule has 0 spiro atoms. The summed E-state index contributed by atoms with van der Waals surface area (Å²) >= 11 is 0. The molecule has 2 atom stereocenters. The van der Waals surface area contributed by atoms with E-state index in [1.54, 1.807) is 6.92 Å². The first kappa shape index (κ1) is 17.3. The van der Waals surface area contributed by atoms with E-state index in [4.69, 9.17) is 0 Å². The molecular weight excluding hydrogens is 300 g/mol. The molecular formula is C20H28N2O2. The number of piperazine rings is 1. The Hall–Kier alpha value is -1.52. The maximum Gasteiger partial charge on any atom is 0.159 e. The van der Waals surface area contributed by atoms with Crippen molar-refractivity contribution in [2.75, 3.05) is 26.2 Å². The number of ketones is 2. The van der Waals surface area contributed by atoms with E-state index in [-0.39, 0.29) is 5.78 Å².